The van der Waals surface area contributed by atoms with Gasteiger partial charge in [-0.25, -0.2) is 0 Å². The highest BCUT2D eigenvalue weighted by Gasteiger charge is 2.23. The van der Waals surface area contributed by atoms with Gasteiger partial charge in [-0.3, -0.25) is 9.59 Å². The maximum Gasteiger partial charge on any atom is 0.303 e. The SMILES string of the molecule is O=C(O)CC[C@@H]1CCCN(C(=O)CCc2ccc(Br)cc2)C1. The number of aryl methyl sites for hydroxylation is 1. The average molecular weight is 368 g/mol. The molecule has 1 N–H and O–H groups in total. The van der Waals surface area contributed by atoms with E-state index in [9.17, 15) is 9.59 Å². The van der Waals surface area contributed by atoms with E-state index in [4.69, 9.17) is 5.11 Å². The molecule has 0 unspecified atom stereocenters. The predicted octanol–water partition coefficient (Wildman–Crippen LogP) is 3.49. The van der Waals surface area contributed by atoms with Gasteiger partial charge in [-0.2, -0.15) is 0 Å². The topological polar surface area (TPSA) is 57.6 Å². The Labute approximate surface area is 139 Å². The third-order valence-electron chi connectivity index (χ3n) is 4.18. The van der Waals surface area contributed by atoms with Gasteiger partial charge in [-0.05, 0) is 49.3 Å². The average Bonchev–Trinajstić information content (AvgIpc) is 2.52. The number of nitrogens with zero attached hydrogens (tertiary/aromatic N) is 1. The number of carbonyl (C=O) groups excluding carboxylic acids is 1. The van der Waals surface area contributed by atoms with Crippen molar-refractivity contribution in [3.63, 3.8) is 0 Å². The van der Waals surface area contributed by atoms with Crippen LogP contribution in [0.5, 0.6) is 0 Å². The van der Waals surface area contributed by atoms with Crippen molar-refractivity contribution >= 4 is 27.8 Å². The number of benzene rings is 1. The van der Waals surface area contributed by atoms with Crippen LogP contribution in [0.3, 0.4) is 0 Å². The highest BCUT2D eigenvalue weighted by atomic mass is 79.9. The van der Waals surface area contributed by atoms with Gasteiger partial charge >= 0.3 is 5.97 Å². The fourth-order valence-electron chi connectivity index (χ4n) is 2.92. The zero-order valence-corrected chi connectivity index (χ0v) is 14.2. The van der Waals surface area contributed by atoms with Crippen LogP contribution in [-0.2, 0) is 16.0 Å². The summed E-state index contributed by atoms with van der Waals surface area (Å²) in [4.78, 5) is 24.9. The number of rotatable bonds is 6. The van der Waals surface area contributed by atoms with Crippen molar-refractivity contribution in [2.24, 2.45) is 5.92 Å². The molecule has 0 aromatic heterocycles. The lowest BCUT2D eigenvalue weighted by atomic mass is 9.93. The van der Waals surface area contributed by atoms with Gasteiger partial charge in [0.05, 0.1) is 0 Å². The molecule has 1 aliphatic heterocycles. The van der Waals surface area contributed by atoms with E-state index < -0.39 is 5.97 Å². The number of hydrogen-bond donors (Lipinski definition) is 1. The summed E-state index contributed by atoms with van der Waals surface area (Å²) in [5.74, 6) is -0.233. The lowest BCUT2D eigenvalue weighted by Crippen LogP contribution is -2.40. The molecule has 1 saturated heterocycles. The Bertz CT molecular complexity index is 515. The molecule has 0 bridgehead atoms. The maximum atomic E-state index is 12.3. The highest BCUT2D eigenvalue weighted by molar-refractivity contribution is 9.10. The van der Waals surface area contributed by atoms with E-state index in [2.05, 4.69) is 15.9 Å². The standard InChI is InChI=1S/C17H22BrNO3/c18-15-7-3-13(4-8-15)5-9-16(20)19-11-1-2-14(12-19)6-10-17(21)22/h3-4,7-8,14H,1-2,5-6,9-12H2,(H,21,22)/t14-/m0/s1. The number of hydrogen-bond acceptors (Lipinski definition) is 2. The fraction of sp³-hybridized carbons (Fsp3) is 0.529. The van der Waals surface area contributed by atoms with Crippen molar-refractivity contribution in [1.29, 1.82) is 0 Å². The van der Waals surface area contributed by atoms with Crippen molar-refractivity contribution in [1.82, 2.24) is 4.90 Å². The highest BCUT2D eigenvalue weighted by Crippen LogP contribution is 2.22. The number of carbonyl (C=O) groups is 2. The number of likely N-dealkylation sites (tertiary alicyclic amines) is 1. The summed E-state index contributed by atoms with van der Waals surface area (Å²) in [5, 5.41) is 8.77. The van der Waals surface area contributed by atoms with Crippen LogP contribution in [0.4, 0.5) is 0 Å². The first-order valence-corrected chi connectivity index (χ1v) is 8.58. The molecule has 22 heavy (non-hydrogen) atoms. The van der Waals surface area contributed by atoms with Crippen LogP contribution in [-0.4, -0.2) is 35.0 Å². The monoisotopic (exact) mass is 367 g/mol. The van der Waals surface area contributed by atoms with E-state index in [0.29, 0.717) is 25.3 Å². The summed E-state index contributed by atoms with van der Waals surface area (Å²) in [6.45, 7) is 1.52. The third-order valence-corrected chi connectivity index (χ3v) is 4.71. The molecule has 1 heterocycles. The first kappa shape index (κ1) is 17.0. The van der Waals surface area contributed by atoms with Crippen LogP contribution < -0.4 is 0 Å². The number of carboxylic acid groups (broad SMARTS) is 1. The molecule has 0 saturated carbocycles. The minimum atomic E-state index is -0.751. The second kappa shape index (κ2) is 8.32. The molecule has 1 atom stereocenters. The van der Waals surface area contributed by atoms with Crippen LogP contribution in [0.15, 0.2) is 28.7 Å². The van der Waals surface area contributed by atoms with Crippen LogP contribution in [0, 0.1) is 5.92 Å². The van der Waals surface area contributed by atoms with Gasteiger partial charge < -0.3 is 10.0 Å². The molecule has 1 fully saturated rings. The molecule has 1 aromatic carbocycles. The minimum absolute atomic E-state index is 0.183. The van der Waals surface area contributed by atoms with Crippen LogP contribution in [0.1, 0.15) is 37.7 Å². The molecule has 0 aliphatic carbocycles. The minimum Gasteiger partial charge on any atom is -0.481 e. The van der Waals surface area contributed by atoms with Gasteiger partial charge in [-0.15, -0.1) is 0 Å². The number of halogens is 1. The maximum absolute atomic E-state index is 12.3. The molecule has 1 aliphatic rings. The first-order chi connectivity index (χ1) is 10.5. The van der Waals surface area contributed by atoms with Crippen LogP contribution in [0.2, 0.25) is 0 Å². The van der Waals surface area contributed by atoms with E-state index in [0.717, 1.165) is 35.8 Å². The molecule has 5 heteroatoms. The normalized spacial score (nSPS) is 18.2. The lowest BCUT2D eigenvalue weighted by molar-refractivity contribution is -0.137. The van der Waals surface area contributed by atoms with Crippen molar-refractivity contribution < 1.29 is 14.7 Å². The van der Waals surface area contributed by atoms with Gasteiger partial charge in [-0.1, -0.05) is 28.1 Å². The number of amides is 1. The summed E-state index contributed by atoms with van der Waals surface area (Å²) in [7, 11) is 0. The summed E-state index contributed by atoms with van der Waals surface area (Å²) in [6, 6.07) is 8.04. The zero-order chi connectivity index (χ0) is 15.9. The summed E-state index contributed by atoms with van der Waals surface area (Å²) in [5.41, 5.74) is 1.16. The van der Waals surface area contributed by atoms with Gasteiger partial charge in [0.1, 0.15) is 0 Å². The van der Waals surface area contributed by atoms with Crippen LogP contribution in [0.25, 0.3) is 0 Å². The van der Waals surface area contributed by atoms with Crippen molar-refractivity contribution in [2.75, 3.05) is 13.1 Å². The molecule has 1 aromatic rings. The molecule has 0 radical (unpaired) electrons. The van der Waals surface area contributed by atoms with E-state index in [-0.39, 0.29) is 12.3 Å². The van der Waals surface area contributed by atoms with Crippen molar-refractivity contribution in [3.8, 4) is 0 Å². The summed E-state index contributed by atoms with van der Waals surface area (Å²) < 4.78 is 1.04. The molecule has 0 spiro atoms. The van der Waals surface area contributed by atoms with Gasteiger partial charge in [0, 0.05) is 30.4 Å². The predicted molar refractivity (Wildman–Crippen MR) is 88.6 cm³/mol. The van der Waals surface area contributed by atoms with E-state index in [1.165, 1.54) is 0 Å². The van der Waals surface area contributed by atoms with Crippen molar-refractivity contribution in [3.05, 3.63) is 34.3 Å². The third kappa shape index (κ3) is 5.44. The lowest BCUT2D eigenvalue weighted by Gasteiger charge is -2.32. The van der Waals surface area contributed by atoms with E-state index in [1.54, 1.807) is 0 Å². The second-order valence-electron chi connectivity index (χ2n) is 5.91. The summed E-state index contributed by atoms with van der Waals surface area (Å²) in [6.07, 6.45) is 4.16. The number of aliphatic carboxylic acids is 1. The van der Waals surface area contributed by atoms with E-state index >= 15 is 0 Å². The Morgan fingerprint density at radius 2 is 1.95 bits per heavy atom. The zero-order valence-electron chi connectivity index (χ0n) is 12.6. The Balaban J connectivity index is 1.78. The van der Waals surface area contributed by atoms with Crippen LogP contribution >= 0.6 is 15.9 Å². The molecule has 4 nitrogen and oxygen atoms in total. The fourth-order valence-corrected chi connectivity index (χ4v) is 3.18. The Kier molecular flexibility index (Phi) is 6.43. The molecular weight excluding hydrogens is 346 g/mol. The summed E-state index contributed by atoms with van der Waals surface area (Å²) >= 11 is 3.40. The Morgan fingerprint density at radius 1 is 1.23 bits per heavy atom. The van der Waals surface area contributed by atoms with Gasteiger partial charge in [0.25, 0.3) is 0 Å². The van der Waals surface area contributed by atoms with Gasteiger partial charge in [0.2, 0.25) is 5.91 Å². The molecule has 120 valence electrons. The Morgan fingerprint density at radius 3 is 2.64 bits per heavy atom. The smallest absolute Gasteiger partial charge is 0.303 e. The van der Waals surface area contributed by atoms with Crippen molar-refractivity contribution in [2.45, 2.75) is 38.5 Å². The molecular formula is C17H22BrNO3. The quantitative estimate of drug-likeness (QED) is 0.836. The first-order valence-electron chi connectivity index (χ1n) is 7.78. The molecule has 2 rings (SSSR count). The number of piperidine rings is 1. The molecule has 1 amide bonds. The van der Waals surface area contributed by atoms with E-state index in [1.807, 2.05) is 29.2 Å². The number of carboxylic acids is 1. The second-order valence-corrected chi connectivity index (χ2v) is 6.82. The Hall–Kier alpha value is -1.36. The van der Waals surface area contributed by atoms with Gasteiger partial charge in [0.15, 0.2) is 0 Å². The largest absolute Gasteiger partial charge is 0.481 e.